The van der Waals surface area contributed by atoms with Gasteiger partial charge in [-0.2, -0.15) is 5.26 Å². The van der Waals surface area contributed by atoms with Crippen LogP contribution >= 0.6 is 23.2 Å². The SMILES string of the molecule is CCNC(=O)/C(C#N)=C\c1ccc(Cl)cc1Cl. The number of likely N-dealkylation sites (N-methyl/N-ethyl adjacent to an activating group) is 1. The summed E-state index contributed by atoms with van der Waals surface area (Å²) in [4.78, 5) is 11.5. The molecular formula is C12H10Cl2N2O. The predicted octanol–water partition coefficient (Wildman–Crippen LogP) is 3.04. The molecule has 0 saturated carbocycles. The number of carbonyl (C=O) groups is 1. The van der Waals surface area contributed by atoms with Crippen LogP contribution in [0.2, 0.25) is 10.0 Å². The second-order valence-corrected chi connectivity index (χ2v) is 4.04. The van der Waals surface area contributed by atoms with E-state index < -0.39 is 5.91 Å². The highest BCUT2D eigenvalue weighted by atomic mass is 35.5. The molecule has 0 aromatic heterocycles. The lowest BCUT2D eigenvalue weighted by Gasteiger charge is -2.02. The molecule has 0 aliphatic rings. The monoisotopic (exact) mass is 268 g/mol. The van der Waals surface area contributed by atoms with Crippen LogP contribution < -0.4 is 5.32 Å². The molecule has 1 rings (SSSR count). The van der Waals surface area contributed by atoms with Crippen LogP contribution in [0.3, 0.4) is 0 Å². The minimum absolute atomic E-state index is 0.0103. The van der Waals surface area contributed by atoms with Crippen LogP contribution in [0.4, 0.5) is 0 Å². The standard InChI is InChI=1S/C12H10Cl2N2O/c1-2-16-12(17)9(7-15)5-8-3-4-10(13)6-11(8)14/h3-6H,2H2,1H3,(H,16,17)/b9-5-. The average Bonchev–Trinajstić information content (AvgIpc) is 2.28. The first-order chi connectivity index (χ1) is 8.08. The van der Waals surface area contributed by atoms with Crippen molar-refractivity contribution in [2.24, 2.45) is 0 Å². The normalized spacial score (nSPS) is 10.8. The van der Waals surface area contributed by atoms with Gasteiger partial charge >= 0.3 is 0 Å². The molecule has 17 heavy (non-hydrogen) atoms. The summed E-state index contributed by atoms with van der Waals surface area (Å²) < 4.78 is 0. The number of nitrogens with zero attached hydrogens (tertiary/aromatic N) is 1. The lowest BCUT2D eigenvalue weighted by molar-refractivity contribution is -0.116. The third kappa shape index (κ3) is 3.77. The average molecular weight is 269 g/mol. The highest BCUT2D eigenvalue weighted by Gasteiger charge is 2.08. The van der Waals surface area contributed by atoms with Gasteiger partial charge in [-0.3, -0.25) is 4.79 Å². The Morgan fingerprint density at radius 3 is 2.76 bits per heavy atom. The summed E-state index contributed by atoms with van der Waals surface area (Å²) in [5, 5.41) is 12.3. The fourth-order valence-corrected chi connectivity index (χ4v) is 1.64. The molecule has 0 unspecified atom stereocenters. The van der Waals surface area contributed by atoms with E-state index in [-0.39, 0.29) is 5.57 Å². The molecular weight excluding hydrogens is 259 g/mol. The van der Waals surface area contributed by atoms with Crippen molar-refractivity contribution >= 4 is 35.2 Å². The van der Waals surface area contributed by atoms with Crippen molar-refractivity contribution in [1.82, 2.24) is 5.32 Å². The van der Waals surface area contributed by atoms with Gasteiger partial charge in [-0.25, -0.2) is 0 Å². The fourth-order valence-electron chi connectivity index (χ4n) is 1.18. The first-order valence-corrected chi connectivity index (χ1v) is 5.69. The molecule has 0 radical (unpaired) electrons. The Kier molecular flexibility index (Phi) is 5.02. The van der Waals surface area contributed by atoms with E-state index >= 15 is 0 Å². The van der Waals surface area contributed by atoms with Crippen molar-refractivity contribution in [3.05, 3.63) is 39.4 Å². The van der Waals surface area contributed by atoms with Gasteiger partial charge < -0.3 is 5.32 Å². The summed E-state index contributed by atoms with van der Waals surface area (Å²) >= 11 is 11.7. The van der Waals surface area contributed by atoms with E-state index in [1.807, 2.05) is 6.07 Å². The molecule has 5 heteroatoms. The highest BCUT2D eigenvalue weighted by molar-refractivity contribution is 6.35. The topological polar surface area (TPSA) is 52.9 Å². The van der Waals surface area contributed by atoms with Gasteiger partial charge in [-0.15, -0.1) is 0 Å². The van der Waals surface area contributed by atoms with Crippen molar-refractivity contribution in [2.75, 3.05) is 6.54 Å². The molecule has 0 aliphatic heterocycles. The molecule has 0 spiro atoms. The van der Waals surface area contributed by atoms with Gasteiger partial charge in [0.1, 0.15) is 11.6 Å². The van der Waals surface area contributed by atoms with Crippen LogP contribution in [0.15, 0.2) is 23.8 Å². The van der Waals surface area contributed by atoms with Crippen LogP contribution in [-0.4, -0.2) is 12.5 Å². The van der Waals surface area contributed by atoms with E-state index in [0.717, 1.165) is 0 Å². The van der Waals surface area contributed by atoms with Gasteiger partial charge in [0.15, 0.2) is 0 Å². The van der Waals surface area contributed by atoms with Crippen molar-refractivity contribution in [3.63, 3.8) is 0 Å². The van der Waals surface area contributed by atoms with E-state index in [9.17, 15) is 4.79 Å². The molecule has 0 saturated heterocycles. The Balaban J connectivity index is 3.07. The third-order valence-electron chi connectivity index (χ3n) is 1.96. The molecule has 3 nitrogen and oxygen atoms in total. The molecule has 1 aromatic carbocycles. The summed E-state index contributed by atoms with van der Waals surface area (Å²) in [6.07, 6.45) is 1.43. The van der Waals surface area contributed by atoms with Gasteiger partial charge in [0.05, 0.1) is 0 Å². The number of halogens is 2. The second-order valence-electron chi connectivity index (χ2n) is 3.20. The Morgan fingerprint density at radius 1 is 1.53 bits per heavy atom. The van der Waals surface area contributed by atoms with Gasteiger partial charge in [0.25, 0.3) is 5.91 Å². The Morgan fingerprint density at radius 2 is 2.24 bits per heavy atom. The van der Waals surface area contributed by atoms with Crippen LogP contribution in [0.1, 0.15) is 12.5 Å². The first-order valence-electron chi connectivity index (χ1n) is 4.93. The fraction of sp³-hybridized carbons (Fsp3) is 0.167. The van der Waals surface area contributed by atoms with E-state index in [0.29, 0.717) is 22.2 Å². The molecule has 88 valence electrons. The molecule has 0 atom stereocenters. The Bertz CT molecular complexity index is 504. The molecule has 0 fully saturated rings. The smallest absolute Gasteiger partial charge is 0.261 e. The van der Waals surface area contributed by atoms with Crippen molar-refractivity contribution in [3.8, 4) is 6.07 Å². The molecule has 1 aromatic rings. The minimum Gasteiger partial charge on any atom is -0.352 e. The summed E-state index contributed by atoms with van der Waals surface area (Å²) in [6.45, 7) is 2.24. The van der Waals surface area contributed by atoms with Crippen molar-refractivity contribution < 1.29 is 4.79 Å². The van der Waals surface area contributed by atoms with E-state index in [1.54, 1.807) is 25.1 Å². The maximum Gasteiger partial charge on any atom is 0.261 e. The number of hydrogen-bond donors (Lipinski definition) is 1. The number of amides is 1. The number of nitriles is 1. The molecule has 0 heterocycles. The molecule has 1 amide bonds. The van der Waals surface area contributed by atoms with Gasteiger partial charge in [-0.05, 0) is 30.7 Å². The van der Waals surface area contributed by atoms with Gasteiger partial charge in [0.2, 0.25) is 0 Å². The molecule has 0 aliphatic carbocycles. The maximum atomic E-state index is 11.5. The van der Waals surface area contributed by atoms with Crippen LogP contribution in [-0.2, 0) is 4.79 Å². The Labute approximate surface area is 110 Å². The third-order valence-corrected chi connectivity index (χ3v) is 2.53. The zero-order chi connectivity index (χ0) is 12.8. The lowest BCUT2D eigenvalue weighted by atomic mass is 10.1. The minimum atomic E-state index is -0.416. The predicted molar refractivity (Wildman–Crippen MR) is 68.7 cm³/mol. The van der Waals surface area contributed by atoms with Gasteiger partial charge in [0, 0.05) is 16.6 Å². The number of carbonyl (C=O) groups excluding carboxylic acids is 1. The summed E-state index contributed by atoms with van der Waals surface area (Å²) in [7, 11) is 0. The van der Waals surface area contributed by atoms with Crippen LogP contribution in [0.5, 0.6) is 0 Å². The molecule has 1 N–H and O–H groups in total. The second kappa shape index (κ2) is 6.29. The summed E-state index contributed by atoms with van der Waals surface area (Å²) in [5.74, 6) is -0.416. The van der Waals surface area contributed by atoms with Crippen molar-refractivity contribution in [2.45, 2.75) is 6.92 Å². The Hall–Kier alpha value is -1.50. The highest BCUT2D eigenvalue weighted by Crippen LogP contribution is 2.23. The van der Waals surface area contributed by atoms with Gasteiger partial charge in [-0.1, -0.05) is 29.3 Å². The number of hydrogen-bond acceptors (Lipinski definition) is 2. The summed E-state index contributed by atoms with van der Waals surface area (Å²) in [5.41, 5.74) is 0.593. The number of benzene rings is 1. The van der Waals surface area contributed by atoms with E-state index in [2.05, 4.69) is 5.32 Å². The zero-order valence-corrected chi connectivity index (χ0v) is 10.6. The zero-order valence-electron chi connectivity index (χ0n) is 9.13. The summed E-state index contributed by atoms with van der Waals surface area (Å²) in [6, 6.07) is 6.69. The maximum absolute atomic E-state index is 11.5. The van der Waals surface area contributed by atoms with Crippen LogP contribution in [0, 0.1) is 11.3 Å². The quantitative estimate of drug-likeness (QED) is 0.677. The van der Waals surface area contributed by atoms with Crippen LogP contribution in [0.25, 0.3) is 6.08 Å². The lowest BCUT2D eigenvalue weighted by Crippen LogP contribution is -2.23. The van der Waals surface area contributed by atoms with E-state index in [1.165, 1.54) is 6.08 Å². The first kappa shape index (κ1) is 13.6. The van der Waals surface area contributed by atoms with Crippen molar-refractivity contribution in [1.29, 1.82) is 5.26 Å². The number of rotatable bonds is 3. The number of nitrogens with one attached hydrogen (secondary N) is 1. The largest absolute Gasteiger partial charge is 0.352 e. The molecule has 0 bridgehead atoms. The van der Waals surface area contributed by atoms with E-state index in [4.69, 9.17) is 28.5 Å².